The largest absolute Gasteiger partial charge is 0.497 e. The van der Waals surface area contributed by atoms with Crippen molar-refractivity contribution in [2.45, 2.75) is 6.54 Å². The molecule has 0 saturated carbocycles. The van der Waals surface area contributed by atoms with E-state index in [1.807, 2.05) is 30.3 Å². The molecule has 0 saturated heterocycles. The van der Waals surface area contributed by atoms with E-state index in [2.05, 4.69) is 15.5 Å². The summed E-state index contributed by atoms with van der Waals surface area (Å²) in [6.07, 6.45) is 0. The average Bonchev–Trinajstić information content (AvgIpc) is 3.29. The van der Waals surface area contributed by atoms with Crippen molar-refractivity contribution < 1.29 is 18.3 Å². The van der Waals surface area contributed by atoms with Crippen molar-refractivity contribution in [3.63, 3.8) is 0 Å². The molecule has 1 amide bonds. The van der Waals surface area contributed by atoms with Crippen molar-refractivity contribution in [3.8, 4) is 28.3 Å². The first-order valence-electron chi connectivity index (χ1n) is 9.56. The summed E-state index contributed by atoms with van der Waals surface area (Å²) >= 11 is 0. The van der Waals surface area contributed by atoms with Crippen LogP contribution in [0.5, 0.6) is 5.75 Å². The molecule has 3 aromatic carbocycles. The fraction of sp³-hybridized carbons (Fsp3) is 0.0833. The zero-order valence-corrected chi connectivity index (χ0v) is 16.7. The first-order valence-corrected chi connectivity index (χ1v) is 9.56. The van der Waals surface area contributed by atoms with E-state index in [9.17, 15) is 13.6 Å². The molecule has 0 aliphatic carbocycles. The number of carbonyl (C=O) groups excluding carboxylic acids is 1. The Balaban J connectivity index is 1.44. The second-order valence-electron chi connectivity index (χ2n) is 6.89. The predicted molar refractivity (Wildman–Crippen MR) is 114 cm³/mol. The van der Waals surface area contributed by atoms with Crippen LogP contribution in [0.25, 0.3) is 22.5 Å². The molecule has 0 aliphatic heterocycles. The van der Waals surface area contributed by atoms with Crippen LogP contribution in [0, 0.1) is 11.6 Å². The highest BCUT2D eigenvalue weighted by Gasteiger charge is 2.10. The van der Waals surface area contributed by atoms with E-state index in [-0.39, 0.29) is 18.0 Å². The maximum absolute atomic E-state index is 13.7. The van der Waals surface area contributed by atoms with Crippen molar-refractivity contribution in [2.24, 2.45) is 0 Å². The van der Waals surface area contributed by atoms with Gasteiger partial charge in [0, 0.05) is 29.3 Å². The van der Waals surface area contributed by atoms with Crippen molar-refractivity contribution >= 4 is 5.91 Å². The summed E-state index contributed by atoms with van der Waals surface area (Å²) in [7, 11) is 1.61. The Morgan fingerprint density at radius 3 is 2.55 bits per heavy atom. The van der Waals surface area contributed by atoms with Crippen LogP contribution in [0.15, 0.2) is 72.8 Å². The molecule has 0 bridgehead atoms. The summed E-state index contributed by atoms with van der Waals surface area (Å²) in [4.78, 5) is 12.4. The van der Waals surface area contributed by atoms with Gasteiger partial charge in [0.1, 0.15) is 17.4 Å². The van der Waals surface area contributed by atoms with Crippen molar-refractivity contribution in [1.29, 1.82) is 0 Å². The van der Waals surface area contributed by atoms with Crippen molar-refractivity contribution in [3.05, 3.63) is 95.6 Å². The molecule has 0 aliphatic rings. The number of benzene rings is 3. The molecule has 7 heteroatoms. The van der Waals surface area contributed by atoms with Gasteiger partial charge in [-0.3, -0.25) is 9.89 Å². The number of aromatic amines is 1. The number of methoxy groups -OCH3 is 1. The first kappa shape index (κ1) is 20.3. The van der Waals surface area contributed by atoms with Gasteiger partial charge in [-0.1, -0.05) is 30.3 Å². The van der Waals surface area contributed by atoms with Gasteiger partial charge in [0.2, 0.25) is 0 Å². The molecule has 1 aromatic heterocycles. The Kier molecular flexibility index (Phi) is 5.75. The second kappa shape index (κ2) is 8.79. The molecule has 0 atom stereocenters. The lowest BCUT2D eigenvalue weighted by molar-refractivity contribution is 0.0950. The molecule has 0 fully saturated rings. The van der Waals surface area contributed by atoms with Crippen LogP contribution in [-0.2, 0) is 6.54 Å². The fourth-order valence-corrected chi connectivity index (χ4v) is 3.14. The van der Waals surface area contributed by atoms with E-state index in [0.29, 0.717) is 5.56 Å². The number of carbonyl (C=O) groups is 1. The lowest BCUT2D eigenvalue weighted by Crippen LogP contribution is -2.23. The van der Waals surface area contributed by atoms with E-state index in [4.69, 9.17) is 4.74 Å². The van der Waals surface area contributed by atoms with Gasteiger partial charge >= 0.3 is 0 Å². The Labute approximate surface area is 177 Å². The van der Waals surface area contributed by atoms with Crippen molar-refractivity contribution in [1.82, 2.24) is 15.5 Å². The SMILES string of the molecule is COc1cccc(-c2cc(-c3ccc(C(=O)NCc4ccc(F)cc4F)cc3)[nH]n2)c1. The lowest BCUT2D eigenvalue weighted by atomic mass is 10.1. The molecule has 0 radical (unpaired) electrons. The normalized spacial score (nSPS) is 10.7. The average molecular weight is 419 g/mol. The van der Waals surface area contributed by atoms with Gasteiger partial charge in [-0.05, 0) is 42.0 Å². The Hall–Kier alpha value is -4.00. The van der Waals surface area contributed by atoms with E-state index in [0.717, 1.165) is 40.4 Å². The maximum Gasteiger partial charge on any atom is 0.251 e. The quantitative estimate of drug-likeness (QED) is 0.464. The number of nitrogens with zero attached hydrogens (tertiary/aromatic N) is 1. The van der Waals surface area contributed by atoms with Gasteiger partial charge in [0.05, 0.1) is 18.5 Å². The minimum Gasteiger partial charge on any atom is -0.497 e. The van der Waals surface area contributed by atoms with Gasteiger partial charge < -0.3 is 10.1 Å². The molecule has 5 nitrogen and oxygen atoms in total. The summed E-state index contributed by atoms with van der Waals surface area (Å²) in [5.74, 6) is -0.951. The number of hydrogen-bond acceptors (Lipinski definition) is 3. The van der Waals surface area contributed by atoms with Crippen LogP contribution in [0.4, 0.5) is 8.78 Å². The van der Waals surface area contributed by atoms with E-state index >= 15 is 0 Å². The Morgan fingerprint density at radius 1 is 1.00 bits per heavy atom. The fourth-order valence-electron chi connectivity index (χ4n) is 3.14. The predicted octanol–water partition coefficient (Wildman–Crippen LogP) is 4.96. The number of amides is 1. The summed E-state index contributed by atoms with van der Waals surface area (Å²) in [6, 6.07) is 19.7. The standard InChI is InChI=1S/C24H19F2N3O2/c1-31-20-4-2-3-17(11-20)23-13-22(28-29-23)15-5-7-16(8-6-15)24(30)27-14-18-9-10-19(25)12-21(18)26/h2-13H,14H2,1H3,(H,27,30)(H,28,29). The molecule has 31 heavy (non-hydrogen) atoms. The first-order chi connectivity index (χ1) is 15.0. The third-order valence-corrected chi connectivity index (χ3v) is 4.86. The number of aromatic nitrogens is 2. The lowest BCUT2D eigenvalue weighted by Gasteiger charge is -2.07. The zero-order chi connectivity index (χ0) is 21.8. The molecular formula is C24H19F2N3O2. The van der Waals surface area contributed by atoms with E-state index in [1.54, 1.807) is 31.4 Å². The second-order valence-corrected chi connectivity index (χ2v) is 6.89. The van der Waals surface area contributed by atoms with Crippen LogP contribution in [0.3, 0.4) is 0 Å². The Morgan fingerprint density at radius 2 is 1.81 bits per heavy atom. The highest BCUT2D eigenvalue weighted by molar-refractivity contribution is 5.94. The Bertz CT molecular complexity index is 1220. The minimum absolute atomic E-state index is 0.0306. The summed E-state index contributed by atoms with van der Waals surface area (Å²) in [5.41, 5.74) is 4.01. The van der Waals surface area contributed by atoms with Crippen LogP contribution >= 0.6 is 0 Å². The van der Waals surface area contributed by atoms with Gasteiger partial charge in [-0.2, -0.15) is 5.10 Å². The van der Waals surface area contributed by atoms with Crippen LogP contribution in [0.1, 0.15) is 15.9 Å². The number of halogens is 2. The van der Waals surface area contributed by atoms with Gasteiger partial charge in [0.15, 0.2) is 0 Å². The molecule has 0 unspecified atom stereocenters. The number of hydrogen-bond donors (Lipinski definition) is 2. The third kappa shape index (κ3) is 4.61. The maximum atomic E-state index is 13.7. The molecule has 2 N–H and O–H groups in total. The topological polar surface area (TPSA) is 67.0 Å². The number of rotatable bonds is 6. The van der Waals surface area contributed by atoms with Crippen molar-refractivity contribution in [2.75, 3.05) is 7.11 Å². The summed E-state index contributed by atoms with van der Waals surface area (Å²) in [6.45, 7) is -0.0306. The molecule has 4 aromatic rings. The van der Waals surface area contributed by atoms with Gasteiger partial charge in [-0.15, -0.1) is 0 Å². The third-order valence-electron chi connectivity index (χ3n) is 4.86. The zero-order valence-electron chi connectivity index (χ0n) is 16.7. The number of nitrogens with one attached hydrogen (secondary N) is 2. The number of ether oxygens (including phenoxy) is 1. The highest BCUT2D eigenvalue weighted by Crippen LogP contribution is 2.26. The monoisotopic (exact) mass is 419 g/mol. The van der Waals surface area contributed by atoms with Crippen LogP contribution in [0.2, 0.25) is 0 Å². The summed E-state index contributed by atoms with van der Waals surface area (Å²) in [5, 5.41) is 9.99. The molecule has 4 rings (SSSR count). The van der Waals surface area contributed by atoms with Crippen LogP contribution in [-0.4, -0.2) is 23.2 Å². The molecule has 0 spiro atoms. The smallest absolute Gasteiger partial charge is 0.251 e. The minimum atomic E-state index is -0.693. The van der Waals surface area contributed by atoms with Gasteiger partial charge in [-0.25, -0.2) is 8.78 Å². The molecule has 156 valence electrons. The highest BCUT2D eigenvalue weighted by atomic mass is 19.1. The van der Waals surface area contributed by atoms with E-state index in [1.165, 1.54) is 6.07 Å². The summed E-state index contributed by atoms with van der Waals surface area (Å²) < 4.78 is 31.9. The number of H-pyrrole nitrogens is 1. The van der Waals surface area contributed by atoms with Crippen LogP contribution < -0.4 is 10.1 Å². The molecular weight excluding hydrogens is 400 g/mol. The van der Waals surface area contributed by atoms with E-state index < -0.39 is 11.6 Å². The molecule has 1 heterocycles. The van der Waals surface area contributed by atoms with Gasteiger partial charge in [0.25, 0.3) is 5.91 Å².